The summed E-state index contributed by atoms with van der Waals surface area (Å²) < 4.78 is 18.8. The molecule has 1 aliphatic heterocycles. The third-order valence-corrected chi connectivity index (χ3v) is 6.19. The van der Waals surface area contributed by atoms with Gasteiger partial charge in [0.15, 0.2) is 0 Å². The minimum absolute atomic E-state index is 0.0687. The van der Waals surface area contributed by atoms with Gasteiger partial charge < -0.3 is 14.5 Å². The fourth-order valence-corrected chi connectivity index (χ4v) is 4.69. The molecule has 0 unspecified atom stereocenters. The van der Waals surface area contributed by atoms with Crippen LogP contribution in [0.1, 0.15) is 16.6 Å². The molecule has 0 atom stereocenters. The lowest BCUT2D eigenvalue weighted by Crippen LogP contribution is -2.35. The minimum Gasteiger partial charge on any atom is -0.378 e. The second kappa shape index (κ2) is 8.76. The number of hydrogen-bond donors (Lipinski definition) is 0. The van der Waals surface area contributed by atoms with Crippen molar-refractivity contribution in [2.45, 2.75) is 6.92 Å². The van der Waals surface area contributed by atoms with Crippen molar-refractivity contribution in [3.8, 4) is 11.1 Å². The summed E-state index contributed by atoms with van der Waals surface area (Å²) in [7, 11) is 0. The number of anilines is 2. The monoisotopic (exact) mass is 410 g/mol. The summed E-state index contributed by atoms with van der Waals surface area (Å²) in [6.45, 7) is 5.43. The molecule has 2 heterocycles. The molecule has 4 nitrogen and oxygen atoms in total. The van der Waals surface area contributed by atoms with Crippen molar-refractivity contribution < 1.29 is 13.9 Å². The van der Waals surface area contributed by atoms with Crippen LogP contribution in [0.15, 0.2) is 60.7 Å². The molecule has 0 radical (unpaired) electrons. The van der Waals surface area contributed by atoms with E-state index in [1.165, 1.54) is 23.5 Å². The number of thiophene rings is 1. The lowest BCUT2D eigenvalue weighted by molar-refractivity contribution is 0.0992. The highest BCUT2D eigenvalue weighted by atomic mass is 32.1. The largest absolute Gasteiger partial charge is 0.378 e. The van der Waals surface area contributed by atoms with Gasteiger partial charge in [0.1, 0.15) is 5.82 Å². The van der Waals surface area contributed by atoms with Crippen LogP contribution >= 0.6 is 11.3 Å². The Hall–Kier alpha value is -2.70. The summed E-state index contributed by atoms with van der Waals surface area (Å²) in [5.41, 5.74) is 2.85. The van der Waals surface area contributed by atoms with Gasteiger partial charge in [-0.15, -0.1) is 11.3 Å². The van der Waals surface area contributed by atoms with Gasteiger partial charge in [-0.25, -0.2) is 4.39 Å². The molecule has 29 heavy (non-hydrogen) atoms. The molecule has 150 valence electrons. The molecule has 1 fully saturated rings. The molecular formula is C23H23FN2O2S. The van der Waals surface area contributed by atoms with E-state index in [0.29, 0.717) is 30.3 Å². The molecule has 0 saturated carbocycles. The fourth-order valence-electron chi connectivity index (χ4n) is 3.51. The molecule has 2 aromatic carbocycles. The minimum atomic E-state index is -0.311. The SMILES string of the molecule is CCN(C(=O)c1cc(-c2ccccc2)c(N2CCOCC2)s1)c1ccc(F)cc1. The van der Waals surface area contributed by atoms with Gasteiger partial charge in [0.05, 0.1) is 23.1 Å². The van der Waals surface area contributed by atoms with Gasteiger partial charge >= 0.3 is 0 Å². The zero-order chi connectivity index (χ0) is 20.2. The summed E-state index contributed by atoms with van der Waals surface area (Å²) >= 11 is 1.52. The van der Waals surface area contributed by atoms with Crippen LogP contribution in [0.3, 0.4) is 0 Å². The molecule has 1 aromatic heterocycles. The van der Waals surface area contributed by atoms with E-state index < -0.39 is 0 Å². The lowest BCUT2D eigenvalue weighted by atomic mass is 10.1. The maximum Gasteiger partial charge on any atom is 0.268 e. The van der Waals surface area contributed by atoms with Gasteiger partial charge in [0.2, 0.25) is 0 Å². The number of nitrogens with zero attached hydrogens (tertiary/aromatic N) is 2. The second-order valence-corrected chi connectivity index (χ2v) is 7.85. The van der Waals surface area contributed by atoms with Crippen molar-refractivity contribution in [3.63, 3.8) is 0 Å². The molecule has 4 rings (SSSR count). The number of halogens is 1. The number of amides is 1. The summed E-state index contributed by atoms with van der Waals surface area (Å²) in [6, 6.07) is 18.2. The maximum absolute atomic E-state index is 13.3. The average molecular weight is 411 g/mol. The smallest absolute Gasteiger partial charge is 0.268 e. The molecule has 0 spiro atoms. The Morgan fingerprint density at radius 2 is 1.79 bits per heavy atom. The Kier molecular flexibility index (Phi) is 5.92. The van der Waals surface area contributed by atoms with Crippen LogP contribution in [0.4, 0.5) is 15.1 Å². The Labute approximate surface area is 174 Å². The number of carbonyl (C=O) groups is 1. The van der Waals surface area contributed by atoms with Crippen molar-refractivity contribution in [2.24, 2.45) is 0 Å². The number of carbonyl (C=O) groups excluding carboxylic acids is 1. The van der Waals surface area contributed by atoms with E-state index in [4.69, 9.17) is 4.74 Å². The Morgan fingerprint density at radius 3 is 2.45 bits per heavy atom. The molecule has 1 saturated heterocycles. The highest BCUT2D eigenvalue weighted by Crippen LogP contribution is 2.40. The number of morpholine rings is 1. The summed E-state index contributed by atoms with van der Waals surface area (Å²) in [5, 5.41) is 1.10. The van der Waals surface area contributed by atoms with Crippen LogP contribution in [0.2, 0.25) is 0 Å². The first-order chi connectivity index (χ1) is 14.2. The van der Waals surface area contributed by atoms with Crippen molar-refractivity contribution >= 4 is 27.9 Å². The first kappa shape index (κ1) is 19.6. The topological polar surface area (TPSA) is 32.8 Å². The normalized spacial score (nSPS) is 14.1. The molecule has 6 heteroatoms. The summed E-state index contributed by atoms with van der Waals surface area (Å²) in [5.74, 6) is -0.379. The molecule has 0 aliphatic carbocycles. The first-order valence-electron chi connectivity index (χ1n) is 9.76. The zero-order valence-electron chi connectivity index (χ0n) is 16.3. The van der Waals surface area contributed by atoms with Crippen molar-refractivity contribution in [1.29, 1.82) is 0 Å². The Morgan fingerprint density at radius 1 is 1.10 bits per heavy atom. The van der Waals surface area contributed by atoms with Crippen LogP contribution in [0, 0.1) is 5.82 Å². The van der Waals surface area contributed by atoms with Crippen LogP contribution in [-0.4, -0.2) is 38.8 Å². The number of hydrogen-bond acceptors (Lipinski definition) is 4. The number of ether oxygens (including phenoxy) is 1. The Bertz CT molecular complexity index is 966. The van der Waals surface area contributed by atoms with E-state index in [1.54, 1.807) is 17.0 Å². The average Bonchev–Trinajstić information content (AvgIpc) is 3.22. The molecule has 0 bridgehead atoms. The number of benzene rings is 2. The maximum atomic E-state index is 13.3. The number of rotatable bonds is 5. The lowest BCUT2D eigenvalue weighted by Gasteiger charge is -2.28. The van der Waals surface area contributed by atoms with E-state index in [9.17, 15) is 9.18 Å². The van der Waals surface area contributed by atoms with Gasteiger partial charge in [-0.3, -0.25) is 4.79 Å². The third-order valence-electron chi connectivity index (χ3n) is 5.01. The zero-order valence-corrected chi connectivity index (χ0v) is 17.1. The quantitative estimate of drug-likeness (QED) is 0.590. The van der Waals surface area contributed by atoms with Crippen LogP contribution in [0.5, 0.6) is 0 Å². The molecule has 0 N–H and O–H groups in total. The first-order valence-corrected chi connectivity index (χ1v) is 10.6. The highest BCUT2D eigenvalue weighted by Gasteiger charge is 2.24. The highest BCUT2D eigenvalue weighted by molar-refractivity contribution is 7.18. The van der Waals surface area contributed by atoms with Crippen molar-refractivity contribution in [3.05, 3.63) is 71.4 Å². The van der Waals surface area contributed by atoms with E-state index in [-0.39, 0.29) is 11.7 Å². The summed E-state index contributed by atoms with van der Waals surface area (Å²) in [6.07, 6.45) is 0. The van der Waals surface area contributed by atoms with Gasteiger partial charge in [0, 0.05) is 30.9 Å². The van der Waals surface area contributed by atoms with Crippen LogP contribution < -0.4 is 9.80 Å². The van der Waals surface area contributed by atoms with Crippen LogP contribution in [-0.2, 0) is 4.74 Å². The van der Waals surface area contributed by atoms with Crippen molar-refractivity contribution in [2.75, 3.05) is 42.6 Å². The van der Waals surface area contributed by atoms with E-state index in [1.807, 2.05) is 31.2 Å². The predicted molar refractivity (Wildman–Crippen MR) is 117 cm³/mol. The van der Waals surface area contributed by atoms with Gasteiger partial charge in [-0.2, -0.15) is 0 Å². The molecule has 3 aromatic rings. The van der Waals surface area contributed by atoms with E-state index >= 15 is 0 Å². The van der Waals surface area contributed by atoms with Crippen molar-refractivity contribution in [1.82, 2.24) is 0 Å². The van der Waals surface area contributed by atoms with Gasteiger partial charge in [-0.1, -0.05) is 30.3 Å². The van der Waals surface area contributed by atoms with Gasteiger partial charge in [-0.05, 0) is 42.8 Å². The third kappa shape index (κ3) is 4.18. The Balaban J connectivity index is 1.72. The molecule has 1 aliphatic rings. The molecular weight excluding hydrogens is 387 g/mol. The van der Waals surface area contributed by atoms with E-state index in [0.717, 1.165) is 29.2 Å². The predicted octanol–water partition coefficient (Wildman–Crippen LogP) is 5.06. The van der Waals surface area contributed by atoms with Gasteiger partial charge in [0.25, 0.3) is 5.91 Å². The van der Waals surface area contributed by atoms with E-state index in [2.05, 4.69) is 17.0 Å². The fraction of sp³-hybridized carbons (Fsp3) is 0.261. The second-order valence-electron chi connectivity index (χ2n) is 6.82. The van der Waals surface area contributed by atoms with Crippen LogP contribution in [0.25, 0.3) is 11.1 Å². The standard InChI is InChI=1S/C23H23FN2O2S/c1-2-26(19-10-8-18(24)9-11-19)22(27)21-16-20(17-6-4-3-5-7-17)23(29-21)25-12-14-28-15-13-25/h3-11,16H,2,12-15H2,1H3. The summed E-state index contributed by atoms with van der Waals surface area (Å²) in [4.78, 5) is 18.0. The molecule has 1 amide bonds.